The van der Waals surface area contributed by atoms with Gasteiger partial charge in [-0.3, -0.25) is 0 Å². The van der Waals surface area contributed by atoms with Crippen LogP contribution < -0.4 is 9.13 Å². The molecule has 7 aromatic rings. The normalized spacial score (nSPS) is 18.4. The Bertz CT molecular complexity index is 2410. The first-order valence-corrected chi connectivity index (χ1v) is 13.6. The summed E-state index contributed by atoms with van der Waals surface area (Å²) in [5, 5.41) is 3.12. The van der Waals surface area contributed by atoms with E-state index in [0.29, 0.717) is 16.8 Å². The molecule has 0 saturated carbocycles. The Kier molecular flexibility index (Phi) is 3.08. The summed E-state index contributed by atoms with van der Waals surface area (Å²) in [5.74, 6) is 0. The van der Waals surface area contributed by atoms with E-state index in [4.69, 9.17) is 7.16 Å². The van der Waals surface area contributed by atoms with Crippen molar-refractivity contribution in [3.63, 3.8) is 0 Å². The number of benzene rings is 3. The highest BCUT2D eigenvalue weighted by atomic mass is 32.1. The molecule has 0 fully saturated rings. The second-order valence-corrected chi connectivity index (χ2v) is 11.6. The van der Waals surface area contributed by atoms with E-state index in [1.165, 1.54) is 15.8 Å². The highest BCUT2D eigenvalue weighted by molar-refractivity contribution is 7.20. The van der Waals surface area contributed by atoms with Crippen molar-refractivity contribution in [2.75, 3.05) is 0 Å². The van der Waals surface area contributed by atoms with Gasteiger partial charge >= 0.3 is 5.66 Å². The smallest absolute Gasteiger partial charge is 0.417 e. The second-order valence-electron chi connectivity index (χ2n) is 10.4. The molecule has 3 aromatic carbocycles. The first-order valence-electron chi connectivity index (χ1n) is 14.8. The van der Waals surface area contributed by atoms with E-state index < -0.39 is 5.66 Å². The summed E-state index contributed by atoms with van der Waals surface area (Å²) in [5.41, 5.74) is 7.73. The van der Waals surface area contributed by atoms with Gasteiger partial charge in [0.1, 0.15) is 23.6 Å². The van der Waals surface area contributed by atoms with Crippen LogP contribution in [0.5, 0.6) is 0 Å². The fourth-order valence-electron chi connectivity index (χ4n) is 6.78. The Balaban J connectivity index is 1.54. The Hall–Kier alpha value is -4.28. The molecular formula is C34H24N2OS+2. The summed E-state index contributed by atoms with van der Waals surface area (Å²) >= 11 is 1.73. The summed E-state index contributed by atoms with van der Waals surface area (Å²) in [6, 6.07) is 20.3. The number of hydrogen-bond donors (Lipinski definition) is 0. The van der Waals surface area contributed by atoms with E-state index in [0.717, 1.165) is 49.0 Å². The summed E-state index contributed by atoms with van der Waals surface area (Å²) in [7, 11) is 0. The molecule has 4 aromatic heterocycles. The lowest BCUT2D eigenvalue weighted by molar-refractivity contribution is -0.955. The minimum Gasteiger partial charge on any atom is -0.454 e. The number of aryl methyl sites for hydroxylation is 3. The van der Waals surface area contributed by atoms with Crippen LogP contribution in [-0.2, 0) is 5.66 Å². The molecule has 1 atom stereocenters. The van der Waals surface area contributed by atoms with Crippen molar-refractivity contribution >= 4 is 43.4 Å². The SMILES string of the molecule is [2H]c1c([2H])c([2H])[n+]2c(c1[2H])-c1c(ccc3c1oc1c3ccc3c(C)c(C)sc31)C21c2ccccc2-c2ccc(C)c[n+]21. The Morgan fingerprint density at radius 2 is 1.61 bits per heavy atom. The average Bonchev–Trinajstić information content (AvgIpc) is 3.69. The van der Waals surface area contributed by atoms with Gasteiger partial charge in [0, 0.05) is 39.4 Å². The third-order valence-electron chi connectivity index (χ3n) is 8.55. The van der Waals surface area contributed by atoms with Crippen LogP contribution in [0.4, 0.5) is 0 Å². The van der Waals surface area contributed by atoms with Crippen LogP contribution in [0.2, 0.25) is 0 Å². The molecule has 9 rings (SSSR count). The van der Waals surface area contributed by atoms with Crippen molar-refractivity contribution in [1.29, 1.82) is 0 Å². The lowest BCUT2D eigenvalue weighted by Gasteiger charge is -2.17. The van der Waals surface area contributed by atoms with Crippen molar-refractivity contribution in [2.24, 2.45) is 0 Å². The molecule has 2 aliphatic heterocycles. The van der Waals surface area contributed by atoms with Crippen LogP contribution >= 0.6 is 11.3 Å². The molecule has 0 radical (unpaired) electrons. The summed E-state index contributed by atoms with van der Waals surface area (Å²) < 4.78 is 47.8. The molecule has 3 nitrogen and oxygen atoms in total. The minimum atomic E-state index is -1.06. The zero-order valence-corrected chi connectivity index (χ0v) is 21.9. The van der Waals surface area contributed by atoms with Crippen LogP contribution in [-0.4, -0.2) is 0 Å². The quantitative estimate of drug-likeness (QED) is 0.192. The topological polar surface area (TPSA) is 20.9 Å². The number of furan rings is 1. The number of hydrogen-bond acceptors (Lipinski definition) is 2. The molecule has 0 N–H and O–H groups in total. The van der Waals surface area contributed by atoms with Crippen LogP contribution in [0.1, 0.15) is 32.6 Å². The van der Waals surface area contributed by atoms with E-state index >= 15 is 0 Å². The fraction of sp³-hybridized carbons (Fsp3) is 0.118. The Labute approximate surface area is 229 Å². The Morgan fingerprint density at radius 1 is 0.789 bits per heavy atom. The highest BCUT2D eigenvalue weighted by Crippen LogP contribution is 2.51. The van der Waals surface area contributed by atoms with E-state index in [2.05, 4.69) is 73.1 Å². The first-order chi connectivity index (χ1) is 20.2. The maximum atomic E-state index is 9.30. The van der Waals surface area contributed by atoms with Gasteiger partial charge in [-0.1, -0.05) is 18.2 Å². The molecule has 1 unspecified atom stereocenters. The van der Waals surface area contributed by atoms with Gasteiger partial charge in [-0.25, -0.2) is 0 Å². The van der Waals surface area contributed by atoms with Crippen LogP contribution in [0.15, 0.2) is 95.6 Å². The van der Waals surface area contributed by atoms with E-state index in [1.807, 2.05) is 19.1 Å². The van der Waals surface area contributed by atoms with Crippen LogP contribution in [0.25, 0.3) is 54.5 Å². The number of fused-ring (bicyclic) bond motifs is 16. The molecule has 38 heavy (non-hydrogen) atoms. The largest absolute Gasteiger partial charge is 0.454 e. The predicted octanol–water partition coefficient (Wildman–Crippen LogP) is 7.56. The zero-order chi connectivity index (χ0) is 28.8. The lowest BCUT2D eigenvalue weighted by Crippen LogP contribution is -2.71. The number of thiophene rings is 1. The van der Waals surface area contributed by atoms with Gasteiger partial charge in [0.25, 0.3) is 0 Å². The molecule has 0 saturated heterocycles. The van der Waals surface area contributed by atoms with Crippen molar-refractivity contribution in [1.82, 2.24) is 0 Å². The molecule has 0 amide bonds. The predicted molar refractivity (Wildman–Crippen MR) is 153 cm³/mol. The zero-order valence-electron chi connectivity index (χ0n) is 25.1. The summed E-state index contributed by atoms with van der Waals surface area (Å²) in [6.07, 6.45) is 1.99. The third-order valence-corrected chi connectivity index (χ3v) is 9.77. The first kappa shape index (κ1) is 17.3. The van der Waals surface area contributed by atoms with Crippen LogP contribution in [0, 0.1) is 20.8 Å². The van der Waals surface area contributed by atoms with Gasteiger partial charge < -0.3 is 4.42 Å². The standard InChI is InChI=1S/C34H24N2OS/c1-19-11-16-28-25-8-4-5-9-26(25)34(36(28)18-19)27-15-14-23-24-13-12-22-20(2)21(3)38-33(22)32(24)37-31(23)30(27)29-10-6-7-17-35(29)34/h4-18H,1-3H3/q+2/i6D,7D,10D,17D. The minimum absolute atomic E-state index is 0.0748. The van der Waals surface area contributed by atoms with Gasteiger partial charge in [-0.2, -0.15) is 0 Å². The van der Waals surface area contributed by atoms with E-state index in [9.17, 15) is 2.74 Å². The third kappa shape index (κ3) is 2.20. The molecule has 6 heterocycles. The van der Waals surface area contributed by atoms with Crippen molar-refractivity contribution in [3.8, 4) is 22.5 Å². The molecule has 4 heteroatoms. The van der Waals surface area contributed by atoms with Crippen LogP contribution in [0.3, 0.4) is 0 Å². The van der Waals surface area contributed by atoms with Crippen molar-refractivity contribution < 1.29 is 19.0 Å². The molecule has 0 aliphatic carbocycles. The fourth-order valence-corrected chi connectivity index (χ4v) is 7.93. The van der Waals surface area contributed by atoms with E-state index in [-0.39, 0.29) is 24.3 Å². The molecule has 2 aliphatic rings. The second kappa shape index (κ2) is 6.77. The van der Waals surface area contributed by atoms with Crippen molar-refractivity contribution in [2.45, 2.75) is 26.4 Å². The van der Waals surface area contributed by atoms with Gasteiger partial charge in [-0.05, 0) is 74.2 Å². The Morgan fingerprint density at radius 3 is 2.53 bits per heavy atom. The van der Waals surface area contributed by atoms with Gasteiger partial charge in [0.15, 0.2) is 18.0 Å². The maximum absolute atomic E-state index is 9.30. The maximum Gasteiger partial charge on any atom is 0.417 e. The molecule has 1 spiro atoms. The number of aromatic nitrogens is 2. The monoisotopic (exact) mass is 512 g/mol. The summed E-state index contributed by atoms with van der Waals surface area (Å²) in [4.78, 5) is 1.25. The van der Waals surface area contributed by atoms with Gasteiger partial charge in [-0.15, -0.1) is 20.5 Å². The van der Waals surface area contributed by atoms with Gasteiger partial charge in [0.05, 0.1) is 14.4 Å². The molecular weight excluding hydrogens is 484 g/mol. The van der Waals surface area contributed by atoms with Gasteiger partial charge in [0.2, 0.25) is 11.4 Å². The number of rotatable bonds is 0. The average molecular weight is 513 g/mol. The molecule has 0 bridgehead atoms. The molecule has 180 valence electrons. The lowest BCUT2D eigenvalue weighted by atomic mass is 9.89. The van der Waals surface area contributed by atoms with E-state index in [1.54, 1.807) is 15.9 Å². The van der Waals surface area contributed by atoms with Crippen molar-refractivity contribution in [3.05, 3.63) is 118 Å². The number of nitrogens with zero attached hydrogens (tertiary/aromatic N) is 2. The summed E-state index contributed by atoms with van der Waals surface area (Å²) in [6.45, 7) is 6.32. The number of pyridine rings is 2. The highest BCUT2D eigenvalue weighted by Gasteiger charge is 2.67.